The molecule has 1 saturated carbocycles. The molecule has 1 N–H and O–H groups in total. The Morgan fingerprint density at radius 2 is 1.97 bits per heavy atom. The number of ether oxygens (including phenoxy) is 2. The Balaban J connectivity index is 1.65. The van der Waals surface area contributed by atoms with E-state index in [2.05, 4.69) is 4.90 Å². The molecule has 3 aromatic rings. The van der Waals surface area contributed by atoms with Crippen molar-refractivity contribution in [3.8, 4) is 17.3 Å². The Morgan fingerprint density at radius 1 is 1.18 bits per heavy atom. The second kappa shape index (κ2) is 10.9. The molecule has 0 radical (unpaired) electrons. The molecular formula is C26H32FN3O3. The van der Waals surface area contributed by atoms with Crippen molar-refractivity contribution in [3.05, 3.63) is 71.7 Å². The first-order chi connectivity index (χ1) is 16.0. The van der Waals surface area contributed by atoms with E-state index in [-0.39, 0.29) is 5.82 Å². The van der Waals surface area contributed by atoms with Gasteiger partial charge in [0.1, 0.15) is 11.6 Å². The van der Waals surface area contributed by atoms with Crippen LogP contribution in [0.5, 0.6) is 11.6 Å². The van der Waals surface area contributed by atoms with E-state index >= 15 is 0 Å². The molecular weight excluding hydrogens is 421 g/mol. The van der Waals surface area contributed by atoms with Gasteiger partial charge in [0.15, 0.2) is 0 Å². The lowest BCUT2D eigenvalue weighted by Gasteiger charge is -2.25. The maximum Gasteiger partial charge on any atom is 0.227 e. The lowest BCUT2D eigenvalue weighted by atomic mass is 10.2. The fourth-order valence-corrected chi connectivity index (χ4v) is 3.91. The number of halogens is 1. The number of aliphatic hydroxyl groups is 1. The molecule has 2 aromatic carbocycles. The van der Waals surface area contributed by atoms with Crippen LogP contribution in [0, 0.1) is 18.7 Å². The first-order valence-electron chi connectivity index (χ1n) is 11.6. The number of hydrogen-bond donors (Lipinski definition) is 1. The number of rotatable bonds is 12. The summed E-state index contributed by atoms with van der Waals surface area (Å²) in [6.07, 6.45) is 1.86. The normalized spacial score (nSPS) is 14.6. The third-order valence-corrected chi connectivity index (χ3v) is 5.73. The maximum atomic E-state index is 13.9. The molecule has 1 aromatic heterocycles. The van der Waals surface area contributed by atoms with Crippen LogP contribution in [0.15, 0.2) is 54.6 Å². The van der Waals surface area contributed by atoms with Crippen LogP contribution in [0.2, 0.25) is 0 Å². The van der Waals surface area contributed by atoms with Crippen molar-refractivity contribution >= 4 is 0 Å². The van der Waals surface area contributed by atoms with Gasteiger partial charge in [0.25, 0.3) is 0 Å². The van der Waals surface area contributed by atoms with E-state index < -0.39 is 6.10 Å². The Hall–Kier alpha value is -2.74. The predicted octanol–water partition coefficient (Wildman–Crippen LogP) is 4.72. The van der Waals surface area contributed by atoms with Crippen molar-refractivity contribution in [2.75, 3.05) is 26.3 Å². The monoisotopic (exact) mass is 453 g/mol. The first-order valence-corrected chi connectivity index (χ1v) is 11.6. The fourth-order valence-electron chi connectivity index (χ4n) is 3.91. The summed E-state index contributed by atoms with van der Waals surface area (Å²) in [6.45, 7) is 6.75. The number of aromatic nitrogens is 2. The Kier molecular flexibility index (Phi) is 7.75. The molecule has 1 aliphatic carbocycles. The van der Waals surface area contributed by atoms with Gasteiger partial charge in [-0.3, -0.25) is 4.90 Å². The summed E-state index contributed by atoms with van der Waals surface area (Å²) in [7, 11) is 0. The Morgan fingerprint density at radius 3 is 2.67 bits per heavy atom. The molecule has 1 atom stereocenters. The highest BCUT2D eigenvalue weighted by Gasteiger charge is 2.28. The third kappa shape index (κ3) is 6.41. The van der Waals surface area contributed by atoms with Crippen LogP contribution in [-0.2, 0) is 11.3 Å². The Labute approximate surface area is 194 Å². The van der Waals surface area contributed by atoms with Crippen LogP contribution >= 0.6 is 0 Å². The molecule has 1 heterocycles. The van der Waals surface area contributed by atoms with E-state index in [1.54, 1.807) is 16.8 Å². The van der Waals surface area contributed by atoms with Crippen molar-refractivity contribution in [1.29, 1.82) is 0 Å². The van der Waals surface area contributed by atoms with Crippen LogP contribution in [0.25, 0.3) is 5.69 Å². The summed E-state index contributed by atoms with van der Waals surface area (Å²) in [6, 6.07) is 15.9. The zero-order valence-electron chi connectivity index (χ0n) is 19.3. The number of benzene rings is 2. The maximum absolute atomic E-state index is 13.9. The van der Waals surface area contributed by atoms with Gasteiger partial charge >= 0.3 is 0 Å². The summed E-state index contributed by atoms with van der Waals surface area (Å²) in [5.41, 5.74) is 2.63. The molecule has 1 fully saturated rings. The van der Waals surface area contributed by atoms with E-state index in [0.717, 1.165) is 23.5 Å². The summed E-state index contributed by atoms with van der Waals surface area (Å²) in [4.78, 5) is 2.25. The van der Waals surface area contributed by atoms with Gasteiger partial charge in [0.2, 0.25) is 5.88 Å². The molecule has 1 unspecified atom stereocenters. The van der Waals surface area contributed by atoms with E-state index in [1.165, 1.54) is 25.0 Å². The second-order valence-corrected chi connectivity index (χ2v) is 8.63. The van der Waals surface area contributed by atoms with Gasteiger partial charge in [-0.1, -0.05) is 24.3 Å². The summed E-state index contributed by atoms with van der Waals surface area (Å²) < 4.78 is 27.3. The molecule has 0 amide bonds. The molecule has 0 saturated heterocycles. The minimum Gasteiger partial charge on any atom is -0.438 e. The molecule has 176 valence electrons. The molecule has 0 aliphatic heterocycles. The number of hydrogen-bond acceptors (Lipinski definition) is 5. The van der Waals surface area contributed by atoms with Crippen molar-refractivity contribution in [2.45, 2.75) is 39.3 Å². The fraction of sp³-hybridized carbons (Fsp3) is 0.423. The van der Waals surface area contributed by atoms with Crippen molar-refractivity contribution < 1.29 is 19.0 Å². The largest absolute Gasteiger partial charge is 0.438 e. The number of aliphatic hydroxyl groups excluding tert-OH is 1. The average Bonchev–Trinajstić information content (AvgIpc) is 3.57. The van der Waals surface area contributed by atoms with Crippen LogP contribution in [-0.4, -0.2) is 52.2 Å². The van der Waals surface area contributed by atoms with Crippen LogP contribution in [0.4, 0.5) is 4.39 Å². The van der Waals surface area contributed by atoms with Gasteiger partial charge < -0.3 is 14.6 Å². The van der Waals surface area contributed by atoms with Gasteiger partial charge in [0, 0.05) is 32.3 Å². The van der Waals surface area contributed by atoms with E-state index in [1.807, 2.05) is 44.2 Å². The molecule has 7 heteroatoms. The van der Waals surface area contributed by atoms with Crippen molar-refractivity contribution in [3.63, 3.8) is 0 Å². The lowest BCUT2D eigenvalue weighted by Crippen LogP contribution is -2.36. The molecule has 0 bridgehead atoms. The van der Waals surface area contributed by atoms with Crippen LogP contribution < -0.4 is 4.74 Å². The zero-order chi connectivity index (χ0) is 23.2. The van der Waals surface area contributed by atoms with Gasteiger partial charge in [-0.15, -0.1) is 0 Å². The summed E-state index contributed by atoms with van der Waals surface area (Å²) >= 11 is 0. The number of para-hydroxylation sites is 1. The van der Waals surface area contributed by atoms with E-state index in [0.29, 0.717) is 43.9 Å². The van der Waals surface area contributed by atoms with Crippen molar-refractivity contribution in [2.24, 2.45) is 5.92 Å². The topological polar surface area (TPSA) is 59.8 Å². The lowest BCUT2D eigenvalue weighted by molar-refractivity contribution is 0.0186. The van der Waals surface area contributed by atoms with Gasteiger partial charge in [-0.2, -0.15) is 5.10 Å². The third-order valence-electron chi connectivity index (χ3n) is 5.73. The molecule has 33 heavy (non-hydrogen) atoms. The average molecular weight is 454 g/mol. The number of nitrogens with zero attached hydrogens (tertiary/aromatic N) is 3. The predicted molar refractivity (Wildman–Crippen MR) is 125 cm³/mol. The van der Waals surface area contributed by atoms with Crippen LogP contribution in [0.1, 0.15) is 31.0 Å². The molecule has 6 nitrogen and oxygen atoms in total. The minimum atomic E-state index is -0.569. The highest BCUT2D eigenvalue weighted by molar-refractivity contribution is 5.43. The zero-order valence-corrected chi connectivity index (χ0v) is 19.3. The van der Waals surface area contributed by atoms with Gasteiger partial charge in [0.05, 0.1) is 29.7 Å². The van der Waals surface area contributed by atoms with Crippen molar-refractivity contribution in [1.82, 2.24) is 14.7 Å². The first kappa shape index (κ1) is 23.4. The summed E-state index contributed by atoms with van der Waals surface area (Å²) in [5, 5.41) is 15.2. The minimum absolute atomic E-state index is 0.312. The SMILES string of the molecule is CCOCC(O)CN(Cc1c(C)nn(-c2ccccc2)c1Oc1cccc(F)c1)CC1CC1. The van der Waals surface area contributed by atoms with E-state index in [4.69, 9.17) is 14.6 Å². The summed E-state index contributed by atoms with van der Waals surface area (Å²) in [5.74, 6) is 1.27. The van der Waals surface area contributed by atoms with Gasteiger partial charge in [-0.05, 0) is 56.9 Å². The van der Waals surface area contributed by atoms with Gasteiger partial charge in [-0.25, -0.2) is 9.07 Å². The molecule has 1 aliphatic rings. The van der Waals surface area contributed by atoms with E-state index in [9.17, 15) is 9.50 Å². The second-order valence-electron chi connectivity index (χ2n) is 8.63. The molecule has 4 rings (SSSR count). The smallest absolute Gasteiger partial charge is 0.227 e. The highest BCUT2D eigenvalue weighted by Crippen LogP contribution is 2.34. The molecule has 0 spiro atoms. The highest BCUT2D eigenvalue weighted by atomic mass is 19.1. The van der Waals surface area contributed by atoms with Crippen LogP contribution in [0.3, 0.4) is 0 Å². The Bertz CT molecular complexity index is 1040. The standard InChI is InChI=1S/C26H32FN3O3/c1-3-32-18-23(31)16-29(15-20-12-13-20)17-25-19(2)28-30(22-9-5-4-6-10-22)26(25)33-24-11-7-8-21(27)14-24/h4-11,14,20,23,31H,3,12-13,15-18H2,1-2H3. The quantitative estimate of drug-likeness (QED) is 0.430. The number of aryl methyl sites for hydroxylation is 1.